The van der Waals surface area contributed by atoms with E-state index in [2.05, 4.69) is 72.3 Å². The molecule has 0 aliphatic carbocycles. The van der Waals surface area contributed by atoms with Crippen LogP contribution in [0, 0.1) is 18.3 Å². The number of carbonyl (C=O) groups is 1. The van der Waals surface area contributed by atoms with Crippen molar-refractivity contribution in [1.29, 1.82) is 5.26 Å². The number of alkyl halides is 3. The Morgan fingerprint density at radius 2 is 1.80 bits per heavy atom. The Labute approximate surface area is 295 Å². The normalized spacial score (nSPS) is 17.6. The van der Waals surface area contributed by atoms with E-state index in [9.17, 15) is 23.2 Å². The summed E-state index contributed by atoms with van der Waals surface area (Å²) in [5, 5.41) is 21.4. The number of benzene rings is 1. The third-order valence-corrected chi connectivity index (χ3v) is 11.3. The van der Waals surface area contributed by atoms with E-state index in [0.29, 0.717) is 34.1 Å². The molecule has 2 saturated heterocycles. The molecular weight excluding hydrogens is 664 g/mol. The van der Waals surface area contributed by atoms with E-state index >= 15 is 0 Å². The van der Waals surface area contributed by atoms with Crippen LogP contribution >= 0.6 is 11.3 Å². The maximum absolute atomic E-state index is 13.1. The van der Waals surface area contributed by atoms with Crippen LogP contribution in [0.2, 0.25) is 0 Å². The second-order valence-electron chi connectivity index (χ2n) is 13.7. The maximum Gasteiger partial charge on any atom is 0.393 e. The molecule has 0 radical (unpaired) electrons. The first-order chi connectivity index (χ1) is 23.9. The largest absolute Gasteiger partial charge is 0.393 e. The van der Waals surface area contributed by atoms with Crippen LogP contribution in [-0.4, -0.2) is 87.8 Å². The topological polar surface area (TPSA) is 114 Å². The van der Waals surface area contributed by atoms with Crippen molar-refractivity contribution in [2.24, 2.45) is 0 Å². The van der Waals surface area contributed by atoms with Gasteiger partial charge in [0.2, 0.25) is 11.9 Å². The number of halogens is 3. The Bertz CT molecular complexity index is 1860. The number of thiophene rings is 1. The Balaban J connectivity index is 1.08. The number of rotatable bonds is 11. The molecule has 1 amide bonds. The molecule has 3 N–H and O–H groups in total. The smallest absolute Gasteiger partial charge is 0.367 e. The van der Waals surface area contributed by atoms with E-state index in [0.717, 1.165) is 87.2 Å². The standard InChI is InChI=1S/C36H46F3N9OS/c1-5-32(49)42-25-10-14-47(15-11-25)22(2)20-48-27(19-40)16-29-23(3)24(6-7-31(29)48)21-46-12-8-26(9-13-46)43-33-30-17-28(18-36(37,38)39)50-34(30)45-35(41-4)44-33/h6-7,16-17,22,25-26H,5,8-15,18,20-21H2,1-4H3,(H,42,49)(H2,41,43,44,45)/t22-/m0/s1. The van der Waals surface area contributed by atoms with Crippen LogP contribution in [0.3, 0.4) is 0 Å². The third kappa shape index (κ3) is 8.16. The predicted molar refractivity (Wildman–Crippen MR) is 193 cm³/mol. The van der Waals surface area contributed by atoms with Gasteiger partial charge < -0.3 is 20.5 Å². The lowest BCUT2D eigenvalue weighted by Gasteiger charge is -2.36. The van der Waals surface area contributed by atoms with E-state index in [1.165, 1.54) is 11.1 Å². The minimum atomic E-state index is -4.28. The maximum atomic E-state index is 13.1. The summed E-state index contributed by atoms with van der Waals surface area (Å²) in [6.07, 6.45) is -1.13. The lowest BCUT2D eigenvalue weighted by Crippen LogP contribution is -2.48. The van der Waals surface area contributed by atoms with Crippen LogP contribution in [0.5, 0.6) is 0 Å². The number of aromatic nitrogens is 3. The summed E-state index contributed by atoms with van der Waals surface area (Å²) in [7, 11) is 1.70. The number of nitrogens with zero attached hydrogens (tertiary/aromatic N) is 6. The first-order valence-corrected chi connectivity index (χ1v) is 18.3. The molecular formula is C36H46F3N9OS. The van der Waals surface area contributed by atoms with Crippen LogP contribution in [0.4, 0.5) is 24.9 Å². The fourth-order valence-electron chi connectivity index (χ4n) is 7.32. The average Bonchev–Trinajstić information content (AvgIpc) is 3.66. The van der Waals surface area contributed by atoms with Gasteiger partial charge in [-0.2, -0.15) is 23.4 Å². The van der Waals surface area contributed by atoms with Crippen molar-refractivity contribution >= 4 is 50.1 Å². The number of hydrogen-bond acceptors (Lipinski definition) is 9. The first kappa shape index (κ1) is 35.9. The van der Waals surface area contributed by atoms with Crippen LogP contribution in [0.25, 0.3) is 21.1 Å². The molecule has 14 heteroatoms. The average molecular weight is 710 g/mol. The summed E-state index contributed by atoms with van der Waals surface area (Å²) < 4.78 is 41.4. The molecule has 0 bridgehead atoms. The highest BCUT2D eigenvalue weighted by Gasteiger charge is 2.30. The van der Waals surface area contributed by atoms with Gasteiger partial charge in [-0.1, -0.05) is 13.0 Å². The van der Waals surface area contributed by atoms with Crippen molar-refractivity contribution < 1.29 is 18.0 Å². The highest BCUT2D eigenvalue weighted by Crippen LogP contribution is 2.35. The molecule has 50 heavy (non-hydrogen) atoms. The summed E-state index contributed by atoms with van der Waals surface area (Å²) >= 11 is 1.06. The number of nitrogens with one attached hydrogen (secondary N) is 3. The van der Waals surface area contributed by atoms with Gasteiger partial charge in [-0.05, 0) is 68.9 Å². The van der Waals surface area contributed by atoms with Gasteiger partial charge in [0.15, 0.2) is 0 Å². The Hall–Kier alpha value is -3.93. The number of carbonyl (C=O) groups excluding carboxylic acids is 1. The molecule has 0 saturated carbocycles. The molecule has 1 aromatic carbocycles. The van der Waals surface area contributed by atoms with Crippen LogP contribution < -0.4 is 16.0 Å². The quantitative estimate of drug-likeness (QED) is 0.163. The summed E-state index contributed by atoms with van der Waals surface area (Å²) in [5.74, 6) is 1.06. The summed E-state index contributed by atoms with van der Waals surface area (Å²) in [6.45, 7) is 11.3. The lowest BCUT2D eigenvalue weighted by molar-refractivity contribution is -0.126. The summed E-state index contributed by atoms with van der Waals surface area (Å²) in [5.41, 5.74) is 4.17. The van der Waals surface area contributed by atoms with Crippen LogP contribution in [0.1, 0.15) is 67.6 Å². The molecule has 2 aliphatic heterocycles. The van der Waals surface area contributed by atoms with Gasteiger partial charge in [-0.25, -0.2) is 4.98 Å². The fraction of sp³-hybridized carbons (Fsp3) is 0.556. The lowest BCUT2D eigenvalue weighted by atomic mass is 10.0. The van der Waals surface area contributed by atoms with Crippen molar-refractivity contribution in [2.45, 2.75) is 96.7 Å². The molecule has 2 fully saturated rings. The zero-order chi connectivity index (χ0) is 35.6. The van der Waals surface area contributed by atoms with Gasteiger partial charge in [0.05, 0.1) is 11.8 Å². The summed E-state index contributed by atoms with van der Waals surface area (Å²) in [6, 6.07) is 11.0. The monoisotopic (exact) mass is 709 g/mol. The van der Waals surface area contributed by atoms with Crippen molar-refractivity contribution in [2.75, 3.05) is 43.9 Å². The van der Waals surface area contributed by atoms with E-state index in [1.54, 1.807) is 13.1 Å². The molecule has 0 spiro atoms. The number of fused-ring (bicyclic) bond motifs is 2. The first-order valence-electron chi connectivity index (χ1n) is 17.5. The minimum Gasteiger partial charge on any atom is -0.367 e. The SMILES string of the molecule is CCC(=O)NC1CCN([C@@H](C)Cn2c(C#N)cc3c(C)c(CN4CCC(Nc5nc(NC)nc6sc(CC(F)(F)F)cc56)CC4)ccc32)CC1. The number of aryl methyl sites for hydroxylation is 1. The van der Waals surface area contributed by atoms with E-state index in [-0.39, 0.29) is 28.9 Å². The highest BCUT2D eigenvalue weighted by atomic mass is 32.1. The van der Waals surface area contributed by atoms with Crippen LogP contribution in [0.15, 0.2) is 24.3 Å². The van der Waals surface area contributed by atoms with Gasteiger partial charge in [-0.15, -0.1) is 11.3 Å². The van der Waals surface area contributed by atoms with Crippen molar-refractivity contribution in [3.63, 3.8) is 0 Å². The second kappa shape index (κ2) is 15.1. The van der Waals surface area contributed by atoms with Gasteiger partial charge in [0, 0.05) is 86.6 Å². The molecule has 4 aromatic rings. The second-order valence-corrected chi connectivity index (χ2v) is 14.8. The zero-order valence-electron chi connectivity index (χ0n) is 29.2. The van der Waals surface area contributed by atoms with Crippen molar-refractivity contribution in [3.8, 4) is 6.07 Å². The van der Waals surface area contributed by atoms with Gasteiger partial charge in [0.25, 0.3) is 0 Å². The third-order valence-electron chi connectivity index (χ3n) is 10.2. The van der Waals surface area contributed by atoms with Gasteiger partial charge in [0.1, 0.15) is 22.4 Å². The number of piperidine rings is 2. The number of nitriles is 1. The fourth-order valence-corrected chi connectivity index (χ4v) is 8.38. The number of hydrogen-bond donors (Lipinski definition) is 3. The Kier molecular flexibility index (Phi) is 10.9. The molecule has 3 aromatic heterocycles. The molecule has 6 rings (SSSR count). The molecule has 1 atom stereocenters. The minimum absolute atomic E-state index is 0.110. The molecule has 0 unspecified atom stereocenters. The van der Waals surface area contributed by atoms with Crippen LogP contribution in [-0.2, 0) is 24.3 Å². The van der Waals surface area contributed by atoms with Crippen molar-refractivity contribution in [1.82, 2.24) is 29.7 Å². The molecule has 10 nitrogen and oxygen atoms in total. The van der Waals surface area contributed by atoms with Crippen molar-refractivity contribution in [3.05, 3.63) is 46.0 Å². The number of anilines is 2. The Morgan fingerprint density at radius 1 is 1.08 bits per heavy atom. The number of amides is 1. The zero-order valence-corrected chi connectivity index (χ0v) is 30.0. The Morgan fingerprint density at radius 3 is 2.46 bits per heavy atom. The van der Waals surface area contributed by atoms with E-state index in [1.807, 2.05) is 13.0 Å². The molecule has 2 aliphatic rings. The van der Waals surface area contributed by atoms with Gasteiger partial charge in [-0.3, -0.25) is 14.6 Å². The summed E-state index contributed by atoms with van der Waals surface area (Å²) in [4.78, 5) is 26.4. The van der Waals surface area contributed by atoms with E-state index < -0.39 is 12.6 Å². The number of likely N-dealkylation sites (tertiary alicyclic amines) is 2. The molecule has 5 heterocycles. The molecule has 268 valence electrons. The van der Waals surface area contributed by atoms with Gasteiger partial charge >= 0.3 is 6.18 Å². The highest BCUT2D eigenvalue weighted by molar-refractivity contribution is 7.18. The predicted octanol–water partition coefficient (Wildman–Crippen LogP) is 6.43. The van der Waals surface area contributed by atoms with E-state index in [4.69, 9.17) is 0 Å².